The van der Waals surface area contributed by atoms with Gasteiger partial charge in [0, 0.05) is 0 Å². The van der Waals surface area contributed by atoms with E-state index >= 15 is 0 Å². The maximum atomic E-state index is 10.8. The van der Waals surface area contributed by atoms with Gasteiger partial charge in [-0.2, -0.15) is 16.8 Å². The van der Waals surface area contributed by atoms with Gasteiger partial charge in [0.1, 0.15) is 11.5 Å². The Labute approximate surface area is 175 Å². The molecule has 0 aromatic heterocycles. The lowest BCUT2D eigenvalue weighted by atomic mass is 10.0. The van der Waals surface area contributed by atoms with Crippen molar-refractivity contribution in [3.8, 4) is 22.6 Å². The van der Waals surface area contributed by atoms with Crippen molar-refractivity contribution in [1.82, 2.24) is 0 Å². The first-order valence-corrected chi connectivity index (χ1v) is 12.1. The maximum absolute atomic E-state index is 10.8. The molecule has 12 heteroatoms. The first-order chi connectivity index (χ1) is 13.9. The van der Waals surface area contributed by atoms with E-state index in [0.29, 0.717) is 22.9 Å². The summed E-state index contributed by atoms with van der Waals surface area (Å²) < 4.78 is 71.6. The molecule has 0 saturated heterocycles. The summed E-state index contributed by atoms with van der Waals surface area (Å²) >= 11 is 0. The topological polar surface area (TPSA) is 179 Å². The van der Waals surface area contributed by atoms with Gasteiger partial charge < -0.3 is 20.9 Å². The first-order valence-electron chi connectivity index (χ1n) is 8.90. The van der Waals surface area contributed by atoms with Crippen molar-refractivity contribution < 1.29 is 35.4 Å². The average Bonchev–Trinajstić information content (AvgIpc) is 2.63. The number of rotatable bonds is 11. The van der Waals surface area contributed by atoms with Crippen molar-refractivity contribution >= 4 is 31.6 Å². The minimum Gasteiger partial charge on any atom is -0.491 e. The summed E-state index contributed by atoms with van der Waals surface area (Å²) in [7, 11) is -8.10. The van der Waals surface area contributed by atoms with Crippen LogP contribution in [0.1, 0.15) is 12.8 Å². The third kappa shape index (κ3) is 8.06. The molecule has 0 heterocycles. The molecule has 6 N–H and O–H groups in total. The SMILES string of the molecule is Nc1ccc(-c2ccc(N)c(OCCCS(=O)(=O)O)c2)cc1OCCCS(=O)(=O)O. The average molecular weight is 461 g/mol. The van der Waals surface area contributed by atoms with Gasteiger partial charge in [-0.25, -0.2) is 0 Å². The predicted octanol–water partition coefficient (Wildman–Crippen LogP) is 1.83. The molecule has 0 radical (unpaired) electrons. The second-order valence-electron chi connectivity index (χ2n) is 6.48. The molecule has 0 bridgehead atoms. The summed E-state index contributed by atoms with van der Waals surface area (Å²) in [5.41, 5.74) is 14.0. The van der Waals surface area contributed by atoms with Crippen molar-refractivity contribution in [2.45, 2.75) is 12.8 Å². The summed E-state index contributed by atoms with van der Waals surface area (Å²) in [5, 5.41) is 0. The fraction of sp³-hybridized carbons (Fsp3) is 0.333. The molecule has 30 heavy (non-hydrogen) atoms. The van der Waals surface area contributed by atoms with E-state index in [2.05, 4.69) is 0 Å². The lowest BCUT2D eigenvalue weighted by Crippen LogP contribution is -2.09. The van der Waals surface area contributed by atoms with Crippen LogP contribution < -0.4 is 20.9 Å². The highest BCUT2D eigenvalue weighted by atomic mass is 32.2. The highest BCUT2D eigenvalue weighted by molar-refractivity contribution is 7.86. The van der Waals surface area contributed by atoms with E-state index in [0.717, 1.165) is 11.1 Å². The van der Waals surface area contributed by atoms with Crippen molar-refractivity contribution in [2.75, 3.05) is 36.2 Å². The first kappa shape index (κ1) is 23.7. The molecule has 2 aromatic carbocycles. The van der Waals surface area contributed by atoms with Crippen LogP contribution in [0.4, 0.5) is 11.4 Å². The Balaban J connectivity index is 2.09. The lowest BCUT2D eigenvalue weighted by Gasteiger charge is -2.13. The van der Waals surface area contributed by atoms with Crippen LogP contribution in [0.3, 0.4) is 0 Å². The van der Waals surface area contributed by atoms with Gasteiger partial charge in [-0.3, -0.25) is 9.11 Å². The van der Waals surface area contributed by atoms with Gasteiger partial charge in [-0.05, 0) is 48.2 Å². The molecular weight excluding hydrogens is 436 g/mol. The molecule has 2 rings (SSSR count). The zero-order valence-corrected chi connectivity index (χ0v) is 17.7. The minimum atomic E-state index is -4.05. The zero-order chi connectivity index (χ0) is 22.4. The van der Waals surface area contributed by atoms with E-state index in [9.17, 15) is 16.8 Å². The van der Waals surface area contributed by atoms with Crippen LogP contribution in [0.25, 0.3) is 11.1 Å². The van der Waals surface area contributed by atoms with Gasteiger partial charge in [0.05, 0.1) is 36.1 Å². The molecule has 166 valence electrons. The third-order valence-electron chi connectivity index (χ3n) is 3.97. The smallest absolute Gasteiger partial charge is 0.264 e. The molecular formula is C18H24N2O8S2. The summed E-state index contributed by atoms with van der Waals surface area (Å²) in [4.78, 5) is 0. The van der Waals surface area contributed by atoms with Crippen molar-refractivity contribution in [3.05, 3.63) is 36.4 Å². The van der Waals surface area contributed by atoms with E-state index in [1.54, 1.807) is 36.4 Å². The van der Waals surface area contributed by atoms with Gasteiger partial charge in [0.15, 0.2) is 0 Å². The van der Waals surface area contributed by atoms with E-state index in [4.69, 9.17) is 30.0 Å². The molecule has 0 unspecified atom stereocenters. The fourth-order valence-corrected chi connectivity index (χ4v) is 3.49. The van der Waals surface area contributed by atoms with Crippen LogP contribution in [0.2, 0.25) is 0 Å². The monoisotopic (exact) mass is 460 g/mol. The molecule has 0 aliphatic rings. The molecule has 2 aromatic rings. The molecule has 0 aliphatic carbocycles. The third-order valence-corrected chi connectivity index (χ3v) is 5.58. The number of hydrogen-bond acceptors (Lipinski definition) is 8. The number of hydrogen-bond donors (Lipinski definition) is 4. The van der Waals surface area contributed by atoms with Gasteiger partial charge in [0.2, 0.25) is 0 Å². The highest BCUT2D eigenvalue weighted by Gasteiger charge is 2.10. The number of ether oxygens (including phenoxy) is 2. The Bertz CT molecular complexity index is 998. The van der Waals surface area contributed by atoms with Gasteiger partial charge in [0.25, 0.3) is 20.2 Å². The minimum absolute atomic E-state index is 0.0529. The zero-order valence-electron chi connectivity index (χ0n) is 16.0. The molecule has 0 amide bonds. The van der Waals surface area contributed by atoms with E-state index < -0.39 is 31.7 Å². The number of nitrogen functional groups attached to an aromatic ring is 2. The lowest BCUT2D eigenvalue weighted by molar-refractivity contribution is 0.317. The van der Waals surface area contributed by atoms with Gasteiger partial charge in [-0.15, -0.1) is 0 Å². The summed E-state index contributed by atoms with van der Waals surface area (Å²) in [6, 6.07) is 10.1. The van der Waals surface area contributed by atoms with Crippen LogP contribution in [-0.4, -0.2) is 50.7 Å². The fourth-order valence-electron chi connectivity index (χ4n) is 2.52. The van der Waals surface area contributed by atoms with Gasteiger partial charge in [-0.1, -0.05) is 12.1 Å². The quantitative estimate of drug-likeness (QED) is 0.219. The number of anilines is 2. The molecule has 0 aliphatic heterocycles. The second-order valence-corrected chi connectivity index (χ2v) is 9.63. The number of nitrogens with two attached hydrogens (primary N) is 2. The Morgan fingerprint density at radius 2 is 1.07 bits per heavy atom. The summed E-state index contributed by atoms with van der Waals surface area (Å²) in [6.45, 7) is 0.106. The van der Waals surface area contributed by atoms with Crippen LogP contribution in [0.5, 0.6) is 11.5 Å². The van der Waals surface area contributed by atoms with E-state index in [1.807, 2.05) is 0 Å². The Morgan fingerprint density at radius 1 is 0.700 bits per heavy atom. The second kappa shape index (κ2) is 9.98. The van der Waals surface area contributed by atoms with Crippen molar-refractivity contribution in [2.24, 2.45) is 0 Å². The Kier molecular flexibility index (Phi) is 7.89. The normalized spacial score (nSPS) is 11.9. The predicted molar refractivity (Wildman–Crippen MR) is 114 cm³/mol. The summed E-state index contributed by atoms with van der Waals surface area (Å²) in [6.07, 6.45) is 0.206. The highest BCUT2D eigenvalue weighted by Crippen LogP contribution is 2.33. The molecule has 0 saturated carbocycles. The maximum Gasteiger partial charge on any atom is 0.264 e. The van der Waals surface area contributed by atoms with Crippen LogP contribution in [-0.2, 0) is 20.2 Å². The Morgan fingerprint density at radius 3 is 1.40 bits per heavy atom. The molecule has 0 atom stereocenters. The van der Waals surface area contributed by atoms with Crippen LogP contribution in [0, 0.1) is 0 Å². The standard InChI is InChI=1S/C18H24N2O8S2/c19-15-5-3-13(11-17(15)27-7-1-9-29(21,22)23)14-4-6-16(20)18(12-14)28-8-2-10-30(24,25)26/h3-6,11-12H,1-2,7-10,19-20H2,(H,21,22,23)(H,24,25,26). The molecule has 10 nitrogen and oxygen atoms in total. The largest absolute Gasteiger partial charge is 0.491 e. The van der Waals surface area contributed by atoms with Crippen molar-refractivity contribution in [1.29, 1.82) is 0 Å². The van der Waals surface area contributed by atoms with Gasteiger partial charge >= 0.3 is 0 Å². The molecule has 0 spiro atoms. The van der Waals surface area contributed by atoms with Crippen LogP contribution >= 0.6 is 0 Å². The molecule has 0 fully saturated rings. The summed E-state index contributed by atoms with van der Waals surface area (Å²) in [5.74, 6) is -0.114. The number of benzene rings is 2. The van der Waals surface area contributed by atoms with E-state index in [1.165, 1.54) is 0 Å². The van der Waals surface area contributed by atoms with E-state index in [-0.39, 0.29) is 26.1 Å². The van der Waals surface area contributed by atoms with Crippen LogP contribution in [0.15, 0.2) is 36.4 Å². The Hall–Kier alpha value is -2.54. The van der Waals surface area contributed by atoms with Crippen molar-refractivity contribution in [3.63, 3.8) is 0 Å².